The first-order valence-electron chi connectivity index (χ1n) is 12.0. The van der Waals surface area contributed by atoms with E-state index in [1.54, 1.807) is 0 Å². The number of rotatable bonds is 11. The topological polar surface area (TPSA) is 22.1 Å². The van der Waals surface area contributed by atoms with E-state index in [4.69, 9.17) is 4.74 Å². The van der Waals surface area contributed by atoms with E-state index in [0.29, 0.717) is 0 Å². The van der Waals surface area contributed by atoms with Crippen LogP contribution in [-0.2, 0) is 6.42 Å². The highest BCUT2D eigenvalue weighted by molar-refractivity contribution is 5.60. The number of unbranched alkanes of at least 4 members (excludes halogenated alkanes) is 3. The Morgan fingerprint density at radius 2 is 1.59 bits per heavy atom. The number of nitrogens with zero attached hydrogens (tertiary/aromatic N) is 1. The van der Waals surface area contributed by atoms with Gasteiger partial charge in [0.1, 0.15) is 5.75 Å². The summed E-state index contributed by atoms with van der Waals surface area (Å²) < 4.78 is 6.09. The van der Waals surface area contributed by atoms with Crippen LogP contribution in [0.1, 0.15) is 83.6 Å². The fourth-order valence-electron chi connectivity index (χ4n) is 4.53. The molecule has 2 nitrogen and oxygen atoms in total. The Kier molecular flexibility index (Phi) is 9.05. The molecule has 0 unspecified atom stereocenters. The molecule has 3 rings (SSSR count). The number of hydrogen-bond donors (Lipinski definition) is 0. The van der Waals surface area contributed by atoms with E-state index in [2.05, 4.69) is 55.2 Å². The number of hydrogen-bond acceptors (Lipinski definition) is 2. The Labute approximate surface area is 178 Å². The molecule has 0 amide bonds. The van der Waals surface area contributed by atoms with Crippen LogP contribution in [-0.4, -0.2) is 11.6 Å². The van der Waals surface area contributed by atoms with E-state index in [0.717, 1.165) is 41.9 Å². The first-order chi connectivity index (χ1) is 14.3. The van der Waals surface area contributed by atoms with Gasteiger partial charge in [0.15, 0.2) is 0 Å². The molecule has 0 saturated heterocycles. The molecule has 1 aromatic carbocycles. The normalized spacial score (nSPS) is 19.2. The third-order valence-electron chi connectivity index (χ3n) is 6.44. The third kappa shape index (κ3) is 7.17. The van der Waals surface area contributed by atoms with Gasteiger partial charge in [-0.15, -0.1) is 0 Å². The second kappa shape index (κ2) is 12.0. The molecule has 1 fully saturated rings. The van der Waals surface area contributed by atoms with Crippen LogP contribution in [0.3, 0.4) is 0 Å². The SMILES string of the molecule is CCCCCCc1ccc(-c2ccc(OC[C@H]3CC[C@H](CCC)CC3)cc2)nc1. The lowest BCUT2D eigenvalue weighted by Crippen LogP contribution is -2.20. The van der Waals surface area contributed by atoms with E-state index in [1.807, 2.05) is 6.20 Å². The second-order valence-corrected chi connectivity index (χ2v) is 8.87. The Bertz CT molecular complexity index is 683. The molecule has 0 bridgehead atoms. The zero-order valence-electron chi connectivity index (χ0n) is 18.5. The molecular formula is C27H39NO. The highest BCUT2D eigenvalue weighted by Crippen LogP contribution is 2.32. The minimum Gasteiger partial charge on any atom is -0.493 e. The van der Waals surface area contributed by atoms with E-state index in [-0.39, 0.29) is 0 Å². The van der Waals surface area contributed by atoms with Gasteiger partial charge in [0, 0.05) is 11.8 Å². The van der Waals surface area contributed by atoms with Crippen molar-refractivity contribution in [1.82, 2.24) is 4.98 Å². The van der Waals surface area contributed by atoms with Gasteiger partial charge in [0.2, 0.25) is 0 Å². The van der Waals surface area contributed by atoms with Crippen LogP contribution in [0.4, 0.5) is 0 Å². The molecule has 0 N–H and O–H groups in total. The van der Waals surface area contributed by atoms with Crippen LogP contribution < -0.4 is 4.74 Å². The smallest absolute Gasteiger partial charge is 0.119 e. The van der Waals surface area contributed by atoms with Gasteiger partial charge in [0.25, 0.3) is 0 Å². The Hall–Kier alpha value is -1.83. The van der Waals surface area contributed by atoms with Gasteiger partial charge < -0.3 is 4.74 Å². The quantitative estimate of drug-likeness (QED) is 0.362. The maximum atomic E-state index is 6.09. The first kappa shape index (κ1) is 21.9. The molecule has 1 aromatic heterocycles. The Morgan fingerprint density at radius 3 is 2.24 bits per heavy atom. The maximum Gasteiger partial charge on any atom is 0.119 e. The molecule has 0 aliphatic heterocycles. The minimum absolute atomic E-state index is 0.731. The van der Waals surface area contributed by atoms with Crippen molar-refractivity contribution in [2.75, 3.05) is 6.61 Å². The monoisotopic (exact) mass is 393 g/mol. The second-order valence-electron chi connectivity index (χ2n) is 8.87. The lowest BCUT2D eigenvalue weighted by molar-refractivity contribution is 0.178. The highest BCUT2D eigenvalue weighted by atomic mass is 16.5. The molecule has 1 saturated carbocycles. The van der Waals surface area contributed by atoms with E-state index >= 15 is 0 Å². The van der Waals surface area contributed by atoms with Crippen molar-refractivity contribution < 1.29 is 4.74 Å². The Balaban J connectivity index is 1.44. The van der Waals surface area contributed by atoms with Crippen LogP contribution in [0.5, 0.6) is 5.75 Å². The summed E-state index contributed by atoms with van der Waals surface area (Å²) in [4.78, 5) is 4.68. The van der Waals surface area contributed by atoms with Gasteiger partial charge >= 0.3 is 0 Å². The van der Waals surface area contributed by atoms with Crippen LogP contribution in [0, 0.1) is 11.8 Å². The summed E-state index contributed by atoms with van der Waals surface area (Å²) in [6.07, 6.45) is 16.6. The lowest BCUT2D eigenvalue weighted by Gasteiger charge is -2.28. The summed E-state index contributed by atoms with van der Waals surface area (Å²) in [6, 6.07) is 12.8. The zero-order valence-corrected chi connectivity index (χ0v) is 18.5. The average molecular weight is 394 g/mol. The largest absolute Gasteiger partial charge is 0.493 e. The van der Waals surface area contributed by atoms with Crippen LogP contribution in [0.25, 0.3) is 11.3 Å². The number of aromatic nitrogens is 1. The highest BCUT2D eigenvalue weighted by Gasteiger charge is 2.20. The fourth-order valence-corrected chi connectivity index (χ4v) is 4.53. The molecule has 29 heavy (non-hydrogen) atoms. The minimum atomic E-state index is 0.731. The van der Waals surface area contributed by atoms with Crippen molar-refractivity contribution >= 4 is 0 Å². The third-order valence-corrected chi connectivity index (χ3v) is 6.44. The van der Waals surface area contributed by atoms with Gasteiger partial charge in [-0.1, -0.05) is 64.9 Å². The van der Waals surface area contributed by atoms with Gasteiger partial charge in [-0.2, -0.15) is 0 Å². The van der Waals surface area contributed by atoms with Gasteiger partial charge in [0.05, 0.1) is 12.3 Å². The number of ether oxygens (including phenoxy) is 1. The van der Waals surface area contributed by atoms with Crippen molar-refractivity contribution in [2.45, 2.75) is 84.5 Å². The maximum absolute atomic E-state index is 6.09. The molecule has 2 aromatic rings. The summed E-state index contributed by atoms with van der Waals surface area (Å²) in [7, 11) is 0. The molecule has 1 aliphatic rings. The van der Waals surface area contributed by atoms with E-state index in [1.165, 1.54) is 69.8 Å². The summed E-state index contributed by atoms with van der Waals surface area (Å²) in [5.41, 5.74) is 3.55. The van der Waals surface area contributed by atoms with Crippen molar-refractivity contribution in [3.63, 3.8) is 0 Å². The fraction of sp³-hybridized carbons (Fsp3) is 0.593. The van der Waals surface area contributed by atoms with Gasteiger partial charge in [-0.05, 0) is 73.4 Å². The van der Waals surface area contributed by atoms with Crippen LogP contribution >= 0.6 is 0 Å². The molecule has 158 valence electrons. The number of pyridine rings is 1. The van der Waals surface area contributed by atoms with Crippen molar-refractivity contribution in [2.24, 2.45) is 11.8 Å². The van der Waals surface area contributed by atoms with Gasteiger partial charge in [-0.3, -0.25) is 4.98 Å². The molecule has 0 spiro atoms. The van der Waals surface area contributed by atoms with E-state index in [9.17, 15) is 0 Å². The predicted octanol–water partition coefficient (Wildman–Crippen LogP) is 7.86. The van der Waals surface area contributed by atoms with E-state index < -0.39 is 0 Å². The number of aryl methyl sites for hydroxylation is 1. The molecule has 1 heterocycles. The van der Waals surface area contributed by atoms with Crippen LogP contribution in [0.15, 0.2) is 42.6 Å². The average Bonchev–Trinajstić information content (AvgIpc) is 2.77. The van der Waals surface area contributed by atoms with Crippen LogP contribution in [0.2, 0.25) is 0 Å². The summed E-state index contributed by atoms with van der Waals surface area (Å²) in [6.45, 7) is 5.42. The first-order valence-corrected chi connectivity index (χ1v) is 12.0. The molecular weight excluding hydrogens is 354 g/mol. The molecule has 2 heteroatoms. The summed E-state index contributed by atoms with van der Waals surface area (Å²) in [5.74, 6) is 2.68. The Morgan fingerprint density at radius 1 is 0.828 bits per heavy atom. The van der Waals surface area contributed by atoms with Crippen molar-refractivity contribution in [3.8, 4) is 17.0 Å². The lowest BCUT2D eigenvalue weighted by atomic mass is 9.80. The van der Waals surface area contributed by atoms with Gasteiger partial charge in [-0.25, -0.2) is 0 Å². The summed E-state index contributed by atoms with van der Waals surface area (Å²) in [5, 5.41) is 0. The zero-order chi connectivity index (χ0) is 20.3. The molecule has 1 aliphatic carbocycles. The number of benzene rings is 1. The van der Waals surface area contributed by atoms with Crippen molar-refractivity contribution in [1.29, 1.82) is 0 Å². The molecule has 0 radical (unpaired) electrons. The summed E-state index contributed by atoms with van der Waals surface area (Å²) >= 11 is 0. The predicted molar refractivity (Wildman–Crippen MR) is 123 cm³/mol. The molecule has 0 atom stereocenters. The van der Waals surface area contributed by atoms with Crippen molar-refractivity contribution in [3.05, 3.63) is 48.2 Å². The standard InChI is InChI=1S/C27H39NO/c1-3-5-6-7-9-23-14-19-27(28-20-23)25-15-17-26(18-16-25)29-21-24-12-10-22(8-4-2)11-13-24/h14-20,22,24H,3-13,21H2,1-2H3/t22-,24-.